The summed E-state index contributed by atoms with van der Waals surface area (Å²) in [5.41, 5.74) is 1.18. The highest BCUT2D eigenvalue weighted by Crippen LogP contribution is 2.38. The Kier molecular flexibility index (Phi) is 9.14. The van der Waals surface area contributed by atoms with Crippen molar-refractivity contribution in [2.45, 2.75) is 91.2 Å². The van der Waals surface area contributed by atoms with E-state index < -0.39 is 27.3 Å². The summed E-state index contributed by atoms with van der Waals surface area (Å²) < 4.78 is 39.3. The lowest BCUT2D eigenvalue weighted by Crippen LogP contribution is -2.50. The molecule has 1 spiro atoms. The van der Waals surface area contributed by atoms with Crippen LogP contribution in [-0.2, 0) is 19.6 Å². The van der Waals surface area contributed by atoms with E-state index in [0.29, 0.717) is 41.3 Å². The molecule has 11 heteroatoms. The molecular formula is C31H46N4O6S. The molecule has 1 saturated heterocycles. The molecule has 1 aromatic carbocycles. The molecule has 10 nitrogen and oxygen atoms in total. The molecule has 232 valence electrons. The first kappa shape index (κ1) is 32.0. The summed E-state index contributed by atoms with van der Waals surface area (Å²) in [6.07, 6.45) is 6.11. The normalized spacial score (nSPS) is 23.1. The number of hydrogen-bond acceptors (Lipinski definition) is 7. The van der Waals surface area contributed by atoms with Gasteiger partial charge in [0.1, 0.15) is 22.7 Å². The van der Waals surface area contributed by atoms with Gasteiger partial charge in [-0.15, -0.1) is 0 Å². The fraction of sp³-hybridized carbons (Fsp3) is 0.645. The van der Waals surface area contributed by atoms with Gasteiger partial charge in [-0.2, -0.15) is 4.31 Å². The van der Waals surface area contributed by atoms with E-state index in [1.54, 1.807) is 40.0 Å². The van der Waals surface area contributed by atoms with Crippen LogP contribution in [0, 0.1) is 25.7 Å². The lowest BCUT2D eigenvalue weighted by Gasteiger charge is -2.34. The molecule has 0 atom stereocenters. The fourth-order valence-corrected chi connectivity index (χ4v) is 7.28. The van der Waals surface area contributed by atoms with Crippen LogP contribution in [0.25, 0.3) is 6.08 Å². The zero-order valence-electron chi connectivity index (χ0n) is 26.2. The highest BCUT2D eigenvalue weighted by molar-refractivity contribution is 7.92. The number of ether oxygens (including phenoxy) is 2. The van der Waals surface area contributed by atoms with Crippen molar-refractivity contribution in [3.63, 3.8) is 0 Å². The lowest BCUT2D eigenvalue weighted by molar-refractivity contribution is -0.125. The molecule has 2 amide bonds. The molecule has 0 radical (unpaired) electrons. The first-order valence-electron chi connectivity index (χ1n) is 14.8. The Labute approximate surface area is 250 Å². The molecule has 1 saturated carbocycles. The number of nitrogens with zero attached hydrogens (tertiary/aromatic N) is 3. The second-order valence-electron chi connectivity index (χ2n) is 13.0. The summed E-state index contributed by atoms with van der Waals surface area (Å²) in [6.45, 7) is 11.8. The average molecular weight is 603 g/mol. The Morgan fingerprint density at radius 2 is 1.79 bits per heavy atom. The molecule has 1 aliphatic carbocycles. The van der Waals surface area contributed by atoms with Gasteiger partial charge in [0.25, 0.3) is 5.91 Å². The SMILES string of the molecule is COc1c(N(C)C(=O)OC(C)(C)C)cc(C)c(C=CS(=O)(=O)N2CCC3(CC2)N=C(C2CCC(C)CC2)NC3=O)c1C. The number of amidine groups is 1. The van der Waals surface area contributed by atoms with Crippen LogP contribution >= 0.6 is 0 Å². The van der Waals surface area contributed by atoms with Crippen LogP contribution in [0.5, 0.6) is 5.75 Å². The molecule has 2 heterocycles. The predicted molar refractivity (Wildman–Crippen MR) is 165 cm³/mol. The van der Waals surface area contributed by atoms with E-state index in [1.165, 1.54) is 21.7 Å². The summed E-state index contributed by atoms with van der Waals surface area (Å²) in [5.74, 6) is 2.15. The monoisotopic (exact) mass is 602 g/mol. The van der Waals surface area contributed by atoms with Gasteiger partial charge in [0.15, 0.2) is 0 Å². The Balaban J connectivity index is 1.48. The summed E-state index contributed by atoms with van der Waals surface area (Å²) in [6, 6.07) is 1.79. The highest BCUT2D eigenvalue weighted by atomic mass is 32.2. The second kappa shape index (κ2) is 12.0. The number of piperidine rings is 1. The van der Waals surface area contributed by atoms with E-state index in [2.05, 4.69) is 12.2 Å². The number of hydrogen-bond donors (Lipinski definition) is 1. The van der Waals surface area contributed by atoms with Gasteiger partial charge < -0.3 is 14.8 Å². The molecule has 1 N–H and O–H groups in total. The number of benzene rings is 1. The van der Waals surface area contributed by atoms with Gasteiger partial charge in [0, 0.05) is 37.0 Å². The number of carbonyl (C=O) groups is 2. The van der Waals surface area contributed by atoms with Crippen molar-refractivity contribution in [3.05, 3.63) is 28.2 Å². The topological polar surface area (TPSA) is 118 Å². The zero-order valence-corrected chi connectivity index (χ0v) is 27.1. The number of nitrogens with one attached hydrogen (secondary N) is 1. The Hall–Kier alpha value is -2.92. The first-order valence-corrected chi connectivity index (χ1v) is 16.3. The van der Waals surface area contributed by atoms with E-state index in [-0.39, 0.29) is 24.9 Å². The molecule has 2 fully saturated rings. The summed E-state index contributed by atoms with van der Waals surface area (Å²) in [7, 11) is -0.626. The van der Waals surface area contributed by atoms with E-state index in [4.69, 9.17) is 14.5 Å². The molecule has 0 unspecified atom stereocenters. The Morgan fingerprint density at radius 1 is 1.17 bits per heavy atom. The quantitative estimate of drug-likeness (QED) is 0.480. The van der Waals surface area contributed by atoms with Gasteiger partial charge in [-0.3, -0.25) is 14.7 Å². The molecule has 2 aliphatic heterocycles. The molecular weight excluding hydrogens is 556 g/mol. The molecule has 3 aliphatic rings. The van der Waals surface area contributed by atoms with Crippen molar-refractivity contribution in [3.8, 4) is 5.75 Å². The number of sulfonamides is 1. The molecule has 4 rings (SSSR count). The van der Waals surface area contributed by atoms with Crippen LogP contribution in [-0.4, -0.2) is 68.9 Å². The minimum atomic E-state index is -3.75. The summed E-state index contributed by atoms with van der Waals surface area (Å²) in [4.78, 5) is 32.0. The third-order valence-corrected chi connectivity index (χ3v) is 10.3. The highest BCUT2D eigenvalue weighted by Gasteiger charge is 2.48. The van der Waals surface area contributed by atoms with Crippen LogP contribution in [0.15, 0.2) is 16.5 Å². The number of methoxy groups -OCH3 is 1. The van der Waals surface area contributed by atoms with E-state index in [9.17, 15) is 18.0 Å². The maximum atomic E-state index is 13.4. The van der Waals surface area contributed by atoms with E-state index >= 15 is 0 Å². The number of amides is 2. The van der Waals surface area contributed by atoms with Crippen molar-refractivity contribution >= 4 is 39.6 Å². The van der Waals surface area contributed by atoms with Gasteiger partial charge in [0.05, 0.1) is 12.8 Å². The van der Waals surface area contributed by atoms with Crippen LogP contribution < -0.4 is 15.0 Å². The average Bonchev–Trinajstić information content (AvgIpc) is 3.22. The molecule has 1 aromatic rings. The fourth-order valence-electron chi connectivity index (χ4n) is 6.11. The van der Waals surface area contributed by atoms with E-state index in [0.717, 1.165) is 37.1 Å². The summed E-state index contributed by atoms with van der Waals surface area (Å²) in [5, 5.41) is 4.25. The third kappa shape index (κ3) is 6.67. The van der Waals surface area contributed by atoms with Gasteiger partial charge in [-0.05, 0) is 89.5 Å². The van der Waals surface area contributed by atoms with Crippen LogP contribution in [0.4, 0.5) is 10.5 Å². The summed E-state index contributed by atoms with van der Waals surface area (Å²) >= 11 is 0. The first-order chi connectivity index (χ1) is 19.6. The van der Waals surface area contributed by atoms with Gasteiger partial charge in [0.2, 0.25) is 10.0 Å². The van der Waals surface area contributed by atoms with Gasteiger partial charge >= 0.3 is 6.09 Å². The number of carbonyl (C=O) groups excluding carboxylic acids is 2. The van der Waals surface area contributed by atoms with Crippen molar-refractivity contribution in [1.82, 2.24) is 9.62 Å². The Bertz CT molecular complexity index is 1380. The Morgan fingerprint density at radius 3 is 2.36 bits per heavy atom. The van der Waals surface area contributed by atoms with Crippen LogP contribution in [0.3, 0.4) is 0 Å². The van der Waals surface area contributed by atoms with Crippen molar-refractivity contribution < 1.29 is 27.5 Å². The van der Waals surface area contributed by atoms with Crippen molar-refractivity contribution in [2.75, 3.05) is 32.1 Å². The van der Waals surface area contributed by atoms with Crippen molar-refractivity contribution in [2.24, 2.45) is 16.8 Å². The molecule has 0 bridgehead atoms. The minimum Gasteiger partial charge on any atom is -0.494 e. The lowest BCUT2D eigenvalue weighted by atomic mass is 9.82. The smallest absolute Gasteiger partial charge is 0.414 e. The molecule has 0 aromatic heterocycles. The number of aliphatic imine (C=N–C) groups is 1. The number of rotatable bonds is 6. The largest absolute Gasteiger partial charge is 0.494 e. The third-order valence-electron chi connectivity index (χ3n) is 8.71. The number of anilines is 1. The maximum absolute atomic E-state index is 13.4. The zero-order chi connectivity index (χ0) is 31.0. The maximum Gasteiger partial charge on any atom is 0.414 e. The standard InChI is InChI=1S/C31H46N4O6S/c1-20-9-11-23(12-10-20)27-32-28(36)31(33-27)14-16-35(17-15-31)42(38,39)18-13-24-21(2)19-25(26(40-8)22(24)3)34(7)29(37)41-30(4,5)6/h13,18-20,23H,9-12,14-17H2,1-8H3,(H,32,33,36). The van der Waals surface area contributed by atoms with Crippen molar-refractivity contribution in [1.29, 1.82) is 0 Å². The van der Waals surface area contributed by atoms with Gasteiger partial charge in [-0.1, -0.05) is 19.8 Å². The van der Waals surface area contributed by atoms with Crippen LogP contribution in [0.1, 0.15) is 82.9 Å². The van der Waals surface area contributed by atoms with Crippen LogP contribution in [0.2, 0.25) is 0 Å². The molecule has 42 heavy (non-hydrogen) atoms. The van der Waals surface area contributed by atoms with E-state index in [1.807, 2.05) is 13.8 Å². The second-order valence-corrected chi connectivity index (χ2v) is 14.8. The van der Waals surface area contributed by atoms with Gasteiger partial charge in [-0.25, -0.2) is 13.2 Å². The predicted octanol–water partition coefficient (Wildman–Crippen LogP) is 5.17. The minimum absolute atomic E-state index is 0.0986. The number of aryl methyl sites for hydroxylation is 1.